The molecule has 0 saturated heterocycles. The van der Waals surface area contributed by atoms with E-state index >= 15 is 0 Å². The van der Waals surface area contributed by atoms with Crippen molar-refractivity contribution >= 4 is 0 Å². The van der Waals surface area contributed by atoms with Crippen LogP contribution in [-0.2, 0) is 36.7 Å². The first kappa shape index (κ1) is 31.9. The van der Waals surface area contributed by atoms with Crippen molar-refractivity contribution in [1.29, 1.82) is 0 Å². The maximum absolute atomic E-state index is 2.51. The molecule has 3 heteroatoms. The Morgan fingerprint density at radius 1 is 0.462 bits per heavy atom. The average Bonchev–Trinajstić information content (AvgIpc) is 3.33. The molecule has 2 unspecified atom stereocenters. The Balaban J connectivity index is 0.00000140. The standard InChI is InChI=1S/C36H38.2ClH.Hf/c1-35(2,3)23-15-17-29-25-11-7-9-13-27(25)31(33(29)21-23)19-20-32-28-14-10-8-12-26(28)30-18-16-24(22-34(30)32)36(4,5)6;;;/h7-18,21-22,31-32H,19-20H2,1-6H3;2*1H;/q;;;+2/p-2. The van der Waals surface area contributed by atoms with E-state index in [2.05, 4.69) is 126 Å². The second kappa shape index (κ2) is 11.7. The van der Waals surface area contributed by atoms with Gasteiger partial charge in [-0.2, -0.15) is 0 Å². The van der Waals surface area contributed by atoms with Crippen molar-refractivity contribution in [3.63, 3.8) is 0 Å². The topological polar surface area (TPSA) is 0 Å². The zero-order valence-corrected chi connectivity index (χ0v) is 29.0. The number of rotatable bonds is 3. The van der Waals surface area contributed by atoms with Gasteiger partial charge >= 0.3 is 25.8 Å². The monoisotopic (exact) mass is 720 g/mol. The summed E-state index contributed by atoms with van der Waals surface area (Å²) < 4.78 is 0. The van der Waals surface area contributed by atoms with Crippen LogP contribution in [0.2, 0.25) is 0 Å². The summed E-state index contributed by atoms with van der Waals surface area (Å²) in [5.41, 5.74) is 15.0. The Kier molecular flexibility index (Phi) is 9.53. The average molecular weight is 720 g/mol. The maximum atomic E-state index is 2.51. The quantitative estimate of drug-likeness (QED) is 0.281. The Labute approximate surface area is 266 Å². The third kappa shape index (κ3) is 5.61. The van der Waals surface area contributed by atoms with E-state index in [1.165, 1.54) is 55.6 Å². The molecule has 0 saturated carbocycles. The summed E-state index contributed by atoms with van der Waals surface area (Å²) in [5, 5.41) is 0. The molecule has 0 heterocycles. The van der Waals surface area contributed by atoms with E-state index in [0.717, 1.165) is 12.8 Å². The predicted octanol–water partition coefficient (Wildman–Crippen LogP) is 3.99. The second-order valence-electron chi connectivity index (χ2n) is 13.0. The minimum absolute atomic E-state index is 0. The summed E-state index contributed by atoms with van der Waals surface area (Å²) in [4.78, 5) is 0. The van der Waals surface area contributed by atoms with Crippen LogP contribution in [-0.4, -0.2) is 0 Å². The van der Waals surface area contributed by atoms with E-state index < -0.39 is 0 Å². The van der Waals surface area contributed by atoms with Gasteiger partial charge in [-0.3, -0.25) is 0 Å². The second-order valence-corrected chi connectivity index (χ2v) is 13.0. The molecule has 6 rings (SSSR count). The molecule has 0 radical (unpaired) electrons. The largest absolute Gasteiger partial charge is 2.00 e. The molecular formula is C36H38Cl2Hf. The third-order valence-corrected chi connectivity index (χ3v) is 8.58. The van der Waals surface area contributed by atoms with E-state index in [0.29, 0.717) is 11.8 Å². The molecule has 0 spiro atoms. The van der Waals surface area contributed by atoms with Crippen LogP contribution in [0.4, 0.5) is 0 Å². The van der Waals surface area contributed by atoms with Crippen LogP contribution >= 0.6 is 0 Å². The van der Waals surface area contributed by atoms with Gasteiger partial charge in [-0.1, -0.05) is 126 Å². The minimum Gasteiger partial charge on any atom is -1.00 e. The van der Waals surface area contributed by atoms with Gasteiger partial charge in [0.25, 0.3) is 0 Å². The summed E-state index contributed by atoms with van der Waals surface area (Å²) in [5.74, 6) is 0.918. The molecule has 200 valence electrons. The molecule has 0 bridgehead atoms. The molecule has 2 aliphatic rings. The molecule has 39 heavy (non-hydrogen) atoms. The molecule has 0 aliphatic heterocycles. The van der Waals surface area contributed by atoms with Crippen molar-refractivity contribution in [3.05, 3.63) is 118 Å². The normalized spacial score (nSPS) is 16.6. The van der Waals surface area contributed by atoms with Crippen molar-refractivity contribution in [2.75, 3.05) is 0 Å². The smallest absolute Gasteiger partial charge is 1.00 e. The van der Waals surface area contributed by atoms with Crippen LogP contribution in [0.5, 0.6) is 0 Å². The zero-order chi connectivity index (χ0) is 25.2. The van der Waals surface area contributed by atoms with Crippen molar-refractivity contribution in [2.45, 2.75) is 77.0 Å². The van der Waals surface area contributed by atoms with Crippen LogP contribution in [0.15, 0.2) is 84.9 Å². The fourth-order valence-electron chi connectivity index (χ4n) is 6.51. The Bertz CT molecular complexity index is 1360. The van der Waals surface area contributed by atoms with Crippen LogP contribution in [0.3, 0.4) is 0 Å². The van der Waals surface area contributed by atoms with Gasteiger partial charge in [0.05, 0.1) is 0 Å². The number of fused-ring (bicyclic) bond motifs is 6. The van der Waals surface area contributed by atoms with E-state index in [9.17, 15) is 0 Å². The van der Waals surface area contributed by atoms with Crippen molar-refractivity contribution in [3.8, 4) is 22.3 Å². The van der Waals surface area contributed by atoms with Gasteiger partial charge in [0.1, 0.15) is 0 Å². The number of hydrogen-bond acceptors (Lipinski definition) is 0. The van der Waals surface area contributed by atoms with E-state index in [1.807, 2.05) is 0 Å². The summed E-state index contributed by atoms with van der Waals surface area (Å²) in [6.45, 7) is 13.9. The predicted molar refractivity (Wildman–Crippen MR) is 154 cm³/mol. The fourth-order valence-corrected chi connectivity index (χ4v) is 6.51. The Hall–Kier alpha value is -1.67. The van der Waals surface area contributed by atoms with E-state index in [-0.39, 0.29) is 61.5 Å². The van der Waals surface area contributed by atoms with E-state index in [1.54, 1.807) is 0 Å². The molecule has 0 amide bonds. The molecule has 0 N–H and O–H groups in total. The van der Waals surface area contributed by atoms with E-state index in [4.69, 9.17) is 0 Å². The number of hydrogen-bond donors (Lipinski definition) is 0. The summed E-state index contributed by atoms with van der Waals surface area (Å²) in [6, 6.07) is 32.7. The molecule has 2 aliphatic carbocycles. The third-order valence-electron chi connectivity index (χ3n) is 8.58. The van der Waals surface area contributed by atoms with Crippen molar-refractivity contribution < 1.29 is 50.7 Å². The van der Waals surface area contributed by atoms with Crippen molar-refractivity contribution in [2.24, 2.45) is 0 Å². The summed E-state index contributed by atoms with van der Waals surface area (Å²) in [6.07, 6.45) is 2.32. The molecule has 0 fully saturated rings. The van der Waals surface area contributed by atoms with Crippen LogP contribution < -0.4 is 24.8 Å². The molecular weight excluding hydrogens is 682 g/mol. The molecule has 2 atom stereocenters. The Morgan fingerprint density at radius 2 is 0.795 bits per heavy atom. The Morgan fingerprint density at radius 3 is 1.15 bits per heavy atom. The first-order chi connectivity index (χ1) is 17.1. The van der Waals surface area contributed by atoms with Gasteiger partial charge in [0.15, 0.2) is 0 Å². The van der Waals surface area contributed by atoms with Crippen LogP contribution in [0.25, 0.3) is 22.3 Å². The van der Waals surface area contributed by atoms with Gasteiger partial charge in [-0.25, -0.2) is 0 Å². The van der Waals surface area contributed by atoms with Gasteiger partial charge in [-0.05, 0) is 79.3 Å². The van der Waals surface area contributed by atoms with Gasteiger partial charge in [-0.15, -0.1) is 0 Å². The minimum atomic E-state index is 0. The fraction of sp³-hybridized carbons (Fsp3) is 0.333. The maximum Gasteiger partial charge on any atom is 2.00 e. The van der Waals surface area contributed by atoms with Gasteiger partial charge in [0.2, 0.25) is 0 Å². The van der Waals surface area contributed by atoms with Crippen LogP contribution in [0, 0.1) is 0 Å². The SMILES string of the molecule is CC(C)(C)c1ccc2c(c1)C(CCC1c3ccccc3-c3ccc(C(C)(C)C)cc31)c1ccccc1-2.[Cl-].[Cl-].[Hf+2]. The summed E-state index contributed by atoms with van der Waals surface area (Å²) in [7, 11) is 0. The number of benzene rings is 4. The molecule has 4 aromatic carbocycles. The molecule has 0 aromatic heterocycles. The van der Waals surface area contributed by atoms with Gasteiger partial charge in [0, 0.05) is 11.8 Å². The molecule has 0 nitrogen and oxygen atoms in total. The number of halogens is 2. The summed E-state index contributed by atoms with van der Waals surface area (Å²) >= 11 is 0. The van der Waals surface area contributed by atoms with Crippen molar-refractivity contribution in [1.82, 2.24) is 0 Å². The zero-order valence-electron chi connectivity index (χ0n) is 23.9. The first-order valence-electron chi connectivity index (χ1n) is 13.6. The van der Waals surface area contributed by atoms with Crippen LogP contribution in [0.1, 0.15) is 99.6 Å². The first-order valence-corrected chi connectivity index (χ1v) is 13.6. The van der Waals surface area contributed by atoms with Gasteiger partial charge < -0.3 is 24.8 Å². The molecule has 4 aromatic rings.